The lowest BCUT2D eigenvalue weighted by molar-refractivity contribution is 0.669. The second-order valence-electron chi connectivity index (χ2n) is 9.39. The lowest BCUT2D eigenvalue weighted by atomic mass is 10.0. The molecule has 0 spiro atoms. The number of rotatable bonds is 3. The van der Waals surface area contributed by atoms with Gasteiger partial charge >= 0.3 is 0 Å². The number of benzene rings is 5. The summed E-state index contributed by atoms with van der Waals surface area (Å²) in [4.78, 5) is 10.1. The van der Waals surface area contributed by atoms with Crippen LogP contribution in [0.1, 0.15) is 0 Å². The number of nitrogens with zero attached hydrogens (tertiary/aromatic N) is 2. The quantitative estimate of drug-likeness (QED) is 0.249. The van der Waals surface area contributed by atoms with E-state index in [4.69, 9.17) is 18.8 Å². The maximum atomic E-state index is 6.36. The van der Waals surface area contributed by atoms with Crippen molar-refractivity contribution in [3.63, 3.8) is 0 Å². The van der Waals surface area contributed by atoms with Gasteiger partial charge in [0.15, 0.2) is 5.82 Å². The lowest BCUT2D eigenvalue weighted by Gasteiger charge is -2.10. The van der Waals surface area contributed by atoms with Gasteiger partial charge in [0, 0.05) is 38.2 Å². The van der Waals surface area contributed by atoms with Gasteiger partial charge in [0.2, 0.25) is 0 Å². The molecule has 0 atom stereocenters. The highest BCUT2D eigenvalue weighted by Gasteiger charge is 2.18. The van der Waals surface area contributed by atoms with Gasteiger partial charge in [-0.05, 0) is 30.3 Å². The first-order valence-electron chi connectivity index (χ1n) is 12.6. The molecule has 5 aromatic carbocycles. The van der Waals surface area contributed by atoms with Gasteiger partial charge in [0.25, 0.3) is 0 Å². The Labute approximate surface area is 217 Å². The molecule has 0 radical (unpaired) electrons. The van der Waals surface area contributed by atoms with E-state index in [1.54, 1.807) is 0 Å². The Hall–Kier alpha value is -5.22. The first-order valence-corrected chi connectivity index (χ1v) is 12.6. The van der Waals surface area contributed by atoms with E-state index in [9.17, 15) is 0 Å². The SMILES string of the molecule is c1ccc(-c2nc(-c3cccc4c3oc3ccccc34)cc(-c3cccc4c3oc3ccccc34)n2)cc1. The second kappa shape index (κ2) is 8.15. The molecule has 0 bridgehead atoms. The lowest BCUT2D eigenvalue weighted by Crippen LogP contribution is -1.96. The van der Waals surface area contributed by atoms with Crippen LogP contribution in [-0.2, 0) is 0 Å². The van der Waals surface area contributed by atoms with Crippen molar-refractivity contribution in [3.05, 3.63) is 121 Å². The van der Waals surface area contributed by atoms with Crippen LogP contribution < -0.4 is 0 Å². The summed E-state index contributed by atoms with van der Waals surface area (Å²) >= 11 is 0. The molecule has 0 N–H and O–H groups in total. The van der Waals surface area contributed by atoms with Crippen molar-refractivity contribution in [1.82, 2.24) is 9.97 Å². The van der Waals surface area contributed by atoms with E-state index in [1.165, 1.54) is 0 Å². The Morgan fingerprint density at radius 1 is 0.421 bits per heavy atom. The van der Waals surface area contributed by atoms with Crippen molar-refractivity contribution in [2.24, 2.45) is 0 Å². The van der Waals surface area contributed by atoms with E-state index in [-0.39, 0.29) is 0 Å². The van der Waals surface area contributed by atoms with Crippen molar-refractivity contribution in [2.75, 3.05) is 0 Å². The predicted molar refractivity (Wildman–Crippen MR) is 153 cm³/mol. The fraction of sp³-hybridized carbons (Fsp3) is 0. The summed E-state index contributed by atoms with van der Waals surface area (Å²) < 4.78 is 12.7. The molecule has 0 aliphatic heterocycles. The van der Waals surface area contributed by atoms with Crippen LogP contribution in [0.2, 0.25) is 0 Å². The van der Waals surface area contributed by atoms with Crippen LogP contribution in [-0.4, -0.2) is 9.97 Å². The van der Waals surface area contributed by atoms with E-state index >= 15 is 0 Å². The Balaban J connectivity index is 1.43. The monoisotopic (exact) mass is 488 g/mol. The molecule has 3 aromatic heterocycles. The molecule has 0 saturated heterocycles. The first kappa shape index (κ1) is 20.9. The zero-order valence-corrected chi connectivity index (χ0v) is 20.3. The van der Waals surface area contributed by atoms with Gasteiger partial charge in [-0.25, -0.2) is 9.97 Å². The topological polar surface area (TPSA) is 52.1 Å². The Kier molecular flexibility index (Phi) is 4.49. The summed E-state index contributed by atoms with van der Waals surface area (Å²) in [5, 5.41) is 4.32. The van der Waals surface area contributed by atoms with Crippen LogP contribution >= 0.6 is 0 Å². The van der Waals surface area contributed by atoms with Gasteiger partial charge in [-0.2, -0.15) is 0 Å². The first-order chi connectivity index (χ1) is 18.8. The maximum Gasteiger partial charge on any atom is 0.160 e. The summed E-state index contributed by atoms with van der Waals surface area (Å²) in [5.74, 6) is 0.652. The van der Waals surface area contributed by atoms with Crippen molar-refractivity contribution in [3.8, 4) is 33.9 Å². The van der Waals surface area contributed by atoms with E-state index in [1.807, 2.05) is 72.8 Å². The average molecular weight is 489 g/mol. The number of hydrogen-bond acceptors (Lipinski definition) is 4. The largest absolute Gasteiger partial charge is 0.455 e. The van der Waals surface area contributed by atoms with Crippen LogP contribution in [0.25, 0.3) is 77.8 Å². The highest BCUT2D eigenvalue weighted by molar-refractivity contribution is 6.11. The third-order valence-corrected chi connectivity index (χ3v) is 7.12. The molecule has 0 aliphatic carbocycles. The summed E-state index contributed by atoms with van der Waals surface area (Å²) in [6.07, 6.45) is 0. The fourth-order valence-electron chi connectivity index (χ4n) is 5.34. The van der Waals surface area contributed by atoms with Crippen molar-refractivity contribution < 1.29 is 8.83 Å². The third kappa shape index (κ3) is 3.17. The van der Waals surface area contributed by atoms with Crippen molar-refractivity contribution in [2.45, 2.75) is 0 Å². The molecule has 8 rings (SSSR count). The minimum atomic E-state index is 0.652. The van der Waals surface area contributed by atoms with Gasteiger partial charge in [-0.3, -0.25) is 0 Å². The number of furan rings is 2. The summed E-state index contributed by atoms with van der Waals surface area (Å²) in [6.45, 7) is 0. The van der Waals surface area contributed by atoms with Gasteiger partial charge in [0.05, 0.1) is 11.4 Å². The predicted octanol–water partition coefficient (Wildman–Crippen LogP) is 9.28. The molecule has 0 aliphatic rings. The van der Waals surface area contributed by atoms with Crippen molar-refractivity contribution >= 4 is 43.9 Å². The molecule has 178 valence electrons. The molecule has 0 unspecified atom stereocenters. The van der Waals surface area contributed by atoms with Crippen LogP contribution in [0, 0.1) is 0 Å². The van der Waals surface area contributed by atoms with E-state index < -0.39 is 0 Å². The van der Waals surface area contributed by atoms with E-state index in [0.717, 1.165) is 72.0 Å². The summed E-state index contributed by atoms with van der Waals surface area (Å²) in [5.41, 5.74) is 7.76. The molecule has 0 amide bonds. The third-order valence-electron chi connectivity index (χ3n) is 7.12. The minimum Gasteiger partial charge on any atom is -0.455 e. The molecule has 8 aromatic rings. The van der Waals surface area contributed by atoms with E-state index in [0.29, 0.717) is 5.82 Å². The highest BCUT2D eigenvalue weighted by Crippen LogP contribution is 2.39. The molecule has 4 nitrogen and oxygen atoms in total. The molecular formula is C34H20N2O2. The molecular weight excluding hydrogens is 468 g/mol. The van der Waals surface area contributed by atoms with Crippen molar-refractivity contribution in [1.29, 1.82) is 0 Å². The van der Waals surface area contributed by atoms with Crippen LogP contribution in [0.5, 0.6) is 0 Å². The zero-order valence-electron chi connectivity index (χ0n) is 20.3. The number of para-hydroxylation sites is 4. The summed E-state index contributed by atoms with van der Waals surface area (Å²) in [7, 11) is 0. The Morgan fingerprint density at radius 2 is 0.895 bits per heavy atom. The Bertz CT molecular complexity index is 2010. The molecule has 4 heteroatoms. The van der Waals surface area contributed by atoms with Crippen LogP contribution in [0.15, 0.2) is 130 Å². The molecule has 0 saturated carbocycles. The second-order valence-corrected chi connectivity index (χ2v) is 9.39. The van der Waals surface area contributed by atoms with Crippen LogP contribution in [0.4, 0.5) is 0 Å². The molecule has 0 fully saturated rings. The van der Waals surface area contributed by atoms with E-state index in [2.05, 4.69) is 48.5 Å². The summed E-state index contributed by atoms with van der Waals surface area (Å²) in [6, 6.07) is 40.8. The normalized spacial score (nSPS) is 11.7. The molecule has 3 heterocycles. The Morgan fingerprint density at radius 3 is 1.45 bits per heavy atom. The van der Waals surface area contributed by atoms with Crippen LogP contribution in [0.3, 0.4) is 0 Å². The average Bonchev–Trinajstić information content (AvgIpc) is 3.56. The smallest absolute Gasteiger partial charge is 0.160 e. The minimum absolute atomic E-state index is 0.652. The maximum absolute atomic E-state index is 6.36. The number of aromatic nitrogens is 2. The zero-order chi connectivity index (χ0) is 25.1. The highest BCUT2D eigenvalue weighted by atomic mass is 16.3. The van der Waals surface area contributed by atoms with Gasteiger partial charge in [-0.1, -0.05) is 91.0 Å². The number of hydrogen-bond donors (Lipinski definition) is 0. The standard InChI is InChI=1S/C34H20N2O2/c1-2-10-21(11-3-1)34-35-28(26-16-8-14-24-22-12-4-6-18-30(22)37-32(24)26)20-29(36-34)27-17-9-15-25-23-13-5-7-19-31(23)38-33(25)27/h1-20H. The van der Waals surface area contributed by atoms with Gasteiger partial charge in [0.1, 0.15) is 22.3 Å². The number of fused-ring (bicyclic) bond motifs is 6. The fourth-order valence-corrected chi connectivity index (χ4v) is 5.34. The van der Waals surface area contributed by atoms with Gasteiger partial charge in [-0.15, -0.1) is 0 Å². The van der Waals surface area contributed by atoms with Gasteiger partial charge < -0.3 is 8.83 Å². The molecule has 38 heavy (non-hydrogen) atoms.